The van der Waals surface area contributed by atoms with Gasteiger partial charge in [0.2, 0.25) is 0 Å². The van der Waals surface area contributed by atoms with E-state index in [9.17, 15) is 0 Å². The van der Waals surface area contributed by atoms with E-state index in [1.54, 1.807) is 21.3 Å². The molecule has 212 valence electrons. The summed E-state index contributed by atoms with van der Waals surface area (Å²) in [4.78, 5) is 0. The first-order chi connectivity index (χ1) is 16.9. The largest absolute Gasteiger partial charge is 0.561 e. The van der Waals surface area contributed by atoms with Gasteiger partial charge in [0, 0.05) is 27.8 Å². The Morgan fingerprint density at radius 3 is 1.03 bits per heavy atom. The molecule has 0 aliphatic heterocycles. The Labute approximate surface area is 222 Å². The number of hydrogen-bond donors (Lipinski definition) is 0. The minimum Gasteiger partial charge on any atom is -0.373 e. The standard InChI is InChI=1S/C30H66NO3Si/c1-8-10-11-12-13-14-15-16-17-18-19-20-21-22-23-24-25-26-27-28-29-31(3,4)30(9-2)35(32-5,33-6)34-7/h30H,8-29H2,1-7H3/q+1. The molecule has 0 aromatic heterocycles. The van der Waals surface area contributed by atoms with Crippen LogP contribution in [-0.2, 0) is 13.3 Å². The van der Waals surface area contributed by atoms with E-state index in [2.05, 4.69) is 27.9 Å². The summed E-state index contributed by atoms with van der Waals surface area (Å²) in [5, 5.41) is 0. The van der Waals surface area contributed by atoms with Crippen molar-refractivity contribution >= 4 is 8.80 Å². The van der Waals surface area contributed by atoms with E-state index in [0.29, 0.717) is 0 Å². The van der Waals surface area contributed by atoms with Gasteiger partial charge < -0.3 is 17.8 Å². The van der Waals surface area contributed by atoms with Crippen molar-refractivity contribution in [1.82, 2.24) is 0 Å². The number of quaternary nitrogens is 1. The van der Waals surface area contributed by atoms with Gasteiger partial charge in [-0.05, 0) is 12.8 Å². The molecular formula is C30H66NO3Si+. The van der Waals surface area contributed by atoms with Gasteiger partial charge in [0.05, 0.1) is 20.6 Å². The maximum Gasteiger partial charge on any atom is 0.561 e. The van der Waals surface area contributed by atoms with E-state index >= 15 is 0 Å². The first-order valence-electron chi connectivity index (χ1n) is 15.4. The molecular weight excluding hydrogens is 450 g/mol. The van der Waals surface area contributed by atoms with E-state index in [-0.39, 0.29) is 5.67 Å². The lowest BCUT2D eigenvalue weighted by molar-refractivity contribution is -0.906. The Bertz CT molecular complexity index is 435. The second-order valence-corrected chi connectivity index (χ2v) is 14.5. The predicted octanol–water partition coefficient (Wildman–Crippen LogP) is 9.08. The number of rotatable bonds is 27. The molecule has 35 heavy (non-hydrogen) atoms. The maximum absolute atomic E-state index is 5.80. The van der Waals surface area contributed by atoms with Crippen molar-refractivity contribution in [2.45, 2.75) is 154 Å². The Balaban J connectivity index is 3.59. The van der Waals surface area contributed by atoms with Gasteiger partial charge in [-0.1, -0.05) is 129 Å². The zero-order valence-corrected chi connectivity index (χ0v) is 26.3. The zero-order chi connectivity index (χ0) is 26.3. The van der Waals surface area contributed by atoms with Crippen molar-refractivity contribution in [2.24, 2.45) is 0 Å². The Hall–Kier alpha value is 0.0569. The van der Waals surface area contributed by atoms with Crippen molar-refractivity contribution < 1.29 is 17.8 Å². The van der Waals surface area contributed by atoms with Gasteiger partial charge in [-0.3, -0.25) is 0 Å². The van der Waals surface area contributed by atoms with Crippen molar-refractivity contribution in [2.75, 3.05) is 42.0 Å². The van der Waals surface area contributed by atoms with E-state index in [4.69, 9.17) is 13.3 Å². The highest BCUT2D eigenvalue weighted by molar-refractivity contribution is 6.62. The third-order valence-electron chi connectivity index (χ3n) is 8.08. The summed E-state index contributed by atoms with van der Waals surface area (Å²) in [5.41, 5.74) is 0.280. The van der Waals surface area contributed by atoms with Gasteiger partial charge in [-0.2, -0.15) is 0 Å². The fraction of sp³-hybridized carbons (Fsp3) is 1.00. The molecule has 0 aliphatic carbocycles. The zero-order valence-electron chi connectivity index (χ0n) is 25.3. The van der Waals surface area contributed by atoms with Crippen molar-refractivity contribution in [3.05, 3.63) is 0 Å². The number of unbranched alkanes of at least 4 members (excludes halogenated alkanes) is 19. The van der Waals surface area contributed by atoms with Crippen LogP contribution in [0.3, 0.4) is 0 Å². The van der Waals surface area contributed by atoms with Crippen LogP contribution in [0.15, 0.2) is 0 Å². The highest BCUT2D eigenvalue weighted by Crippen LogP contribution is 2.25. The van der Waals surface area contributed by atoms with Crippen LogP contribution in [0, 0.1) is 0 Å². The minimum absolute atomic E-state index is 0.280. The summed E-state index contributed by atoms with van der Waals surface area (Å²) in [6.45, 7) is 5.68. The predicted molar refractivity (Wildman–Crippen MR) is 156 cm³/mol. The number of nitrogens with zero attached hydrogens (tertiary/aromatic N) is 1. The summed E-state index contributed by atoms with van der Waals surface area (Å²) in [6.07, 6.45) is 29.6. The summed E-state index contributed by atoms with van der Waals surface area (Å²) in [6, 6.07) is 0. The van der Waals surface area contributed by atoms with Crippen molar-refractivity contribution in [3.8, 4) is 0 Å². The van der Waals surface area contributed by atoms with E-state index in [1.165, 1.54) is 128 Å². The van der Waals surface area contributed by atoms with Crippen LogP contribution in [0.25, 0.3) is 0 Å². The average Bonchev–Trinajstić information content (AvgIpc) is 2.86. The van der Waals surface area contributed by atoms with E-state index in [1.807, 2.05) is 0 Å². The van der Waals surface area contributed by atoms with Crippen LogP contribution in [0.4, 0.5) is 0 Å². The third kappa shape index (κ3) is 16.5. The highest BCUT2D eigenvalue weighted by Gasteiger charge is 2.55. The van der Waals surface area contributed by atoms with E-state index in [0.717, 1.165) is 17.4 Å². The lowest BCUT2D eigenvalue weighted by atomic mass is 10.0. The average molecular weight is 517 g/mol. The molecule has 0 aromatic carbocycles. The third-order valence-corrected chi connectivity index (χ3v) is 11.7. The van der Waals surface area contributed by atoms with Crippen LogP contribution < -0.4 is 0 Å². The molecule has 0 aromatic rings. The molecule has 0 N–H and O–H groups in total. The smallest absolute Gasteiger partial charge is 0.373 e. The first-order valence-corrected chi connectivity index (χ1v) is 17.2. The number of hydrogen-bond acceptors (Lipinski definition) is 3. The monoisotopic (exact) mass is 516 g/mol. The molecule has 0 radical (unpaired) electrons. The van der Waals surface area contributed by atoms with Gasteiger partial charge in [-0.15, -0.1) is 0 Å². The lowest BCUT2D eigenvalue weighted by Gasteiger charge is -2.43. The van der Waals surface area contributed by atoms with Gasteiger partial charge in [0.15, 0.2) is 5.67 Å². The molecule has 0 bridgehead atoms. The van der Waals surface area contributed by atoms with Crippen LogP contribution in [0.1, 0.15) is 149 Å². The molecule has 0 heterocycles. The van der Waals surface area contributed by atoms with E-state index < -0.39 is 8.80 Å². The summed E-state index contributed by atoms with van der Waals surface area (Å²) >= 11 is 0. The molecule has 0 saturated heterocycles. The molecule has 0 fully saturated rings. The van der Waals surface area contributed by atoms with Crippen LogP contribution in [0.2, 0.25) is 0 Å². The topological polar surface area (TPSA) is 27.7 Å². The lowest BCUT2D eigenvalue weighted by Crippen LogP contribution is -2.67. The second-order valence-electron chi connectivity index (χ2n) is 11.4. The molecule has 0 saturated carbocycles. The molecule has 1 unspecified atom stereocenters. The molecule has 0 rings (SSSR count). The van der Waals surface area contributed by atoms with Gasteiger partial charge in [-0.25, -0.2) is 0 Å². The minimum atomic E-state index is -2.63. The van der Waals surface area contributed by atoms with Crippen molar-refractivity contribution in [1.29, 1.82) is 0 Å². The van der Waals surface area contributed by atoms with Crippen molar-refractivity contribution in [3.63, 3.8) is 0 Å². The second kappa shape index (κ2) is 23.2. The normalized spacial score (nSPS) is 13.5. The maximum atomic E-state index is 5.80. The molecule has 0 spiro atoms. The molecule has 0 amide bonds. The van der Waals surface area contributed by atoms with Gasteiger partial charge in [0.25, 0.3) is 0 Å². The fourth-order valence-electron chi connectivity index (χ4n) is 5.76. The van der Waals surface area contributed by atoms with Crippen LogP contribution in [-0.4, -0.2) is 60.9 Å². The summed E-state index contributed by atoms with van der Waals surface area (Å²) in [5.74, 6) is 0. The fourth-order valence-corrected chi connectivity index (χ4v) is 8.56. The van der Waals surface area contributed by atoms with Gasteiger partial charge >= 0.3 is 8.80 Å². The Kier molecular flexibility index (Phi) is 23.2. The highest BCUT2D eigenvalue weighted by atomic mass is 28.4. The Morgan fingerprint density at radius 2 is 0.771 bits per heavy atom. The van der Waals surface area contributed by atoms with Crippen LogP contribution >= 0.6 is 0 Å². The first kappa shape index (κ1) is 35.1. The molecule has 1 atom stereocenters. The summed E-state index contributed by atoms with van der Waals surface area (Å²) < 4.78 is 18.3. The molecule has 5 heteroatoms. The van der Waals surface area contributed by atoms with Gasteiger partial charge in [0.1, 0.15) is 0 Å². The molecule has 0 aliphatic rings. The molecule has 4 nitrogen and oxygen atoms in total. The Morgan fingerprint density at radius 1 is 0.486 bits per heavy atom. The van der Waals surface area contributed by atoms with Crippen LogP contribution in [0.5, 0.6) is 0 Å². The SMILES string of the molecule is CCCCCCCCCCCCCCCCCCCCCC[N+](C)(C)C(CC)[Si](OC)(OC)OC. The quantitative estimate of drug-likeness (QED) is 0.0619. The summed E-state index contributed by atoms with van der Waals surface area (Å²) in [7, 11) is 7.20.